The maximum atomic E-state index is 5.57. The van der Waals surface area contributed by atoms with Crippen molar-refractivity contribution in [1.82, 2.24) is 9.97 Å². The number of aromatic nitrogens is 2. The number of unbranched alkanes of at least 4 members (excludes halogenated alkanes) is 12. The normalized spacial score (nSPS) is 11.3. The van der Waals surface area contributed by atoms with Gasteiger partial charge in [0.1, 0.15) is 0 Å². The van der Waals surface area contributed by atoms with Crippen molar-refractivity contribution in [2.45, 2.75) is 117 Å². The summed E-state index contributed by atoms with van der Waals surface area (Å²) in [6.07, 6.45) is 24.7. The fourth-order valence-electron chi connectivity index (χ4n) is 4.52. The van der Waals surface area contributed by atoms with Gasteiger partial charge in [-0.05, 0) is 50.2 Å². The molecular weight excluding hydrogens is 444 g/mol. The quantitative estimate of drug-likeness (QED) is 0.144. The third-order valence-corrected chi connectivity index (χ3v) is 6.82. The SMILES string of the molecule is CCCCCCCCCCc1ccc(-c2ncc(CCCCCCCCOCCOCC)cn2)cc1. The molecule has 0 fully saturated rings. The van der Waals surface area contributed by atoms with Crippen LogP contribution < -0.4 is 0 Å². The third-order valence-electron chi connectivity index (χ3n) is 6.82. The number of nitrogens with zero attached hydrogens (tertiary/aromatic N) is 2. The Morgan fingerprint density at radius 2 is 1.06 bits per heavy atom. The fourth-order valence-corrected chi connectivity index (χ4v) is 4.52. The van der Waals surface area contributed by atoms with Crippen molar-refractivity contribution in [3.8, 4) is 11.4 Å². The van der Waals surface area contributed by atoms with Crippen LogP contribution in [0.3, 0.4) is 0 Å². The average molecular weight is 497 g/mol. The molecular formula is C32H52N2O2. The molecule has 0 atom stereocenters. The van der Waals surface area contributed by atoms with Gasteiger partial charge in [-0.3, -0.25) is 0 Å². The zero-order valence-corrected chi connectivity index (χ0v) is 23.3. The van der Waals surface area contributed by atoms with E-state index in [1.807, 2.05) is 19.3 Å². The van der Waals surface area contributed by atoms with Gasteiger partial charge in [-0.25, -0.2) is 9.97 Å². The number of hydrogen-bond donors (Lipinski definition) is 0. The van der Waals surface area contributed by atoms with Crippen LogP contribution in [0.15, 0.2) is 36.7 Å². The van der Waals surface area contributed by atoms with Crippen molar-refractivity contribution in [2.75, 3.05) is 26.4 Å². The van der Waals surface area contributed by atoms with E-state index in [9.17, 15) is 0 Å². The second-order valence-electron chi connectivity index (χ2n) is 10.0. The first-order chi connectivity index (χ1) is 17.8. The fraction of sp³-hybridized carbons (Fsp3) is 0.688. The minimum absolute atomic E-state index is 0.715. The number of benzene rings is 1. The van der Waals surface area contributed by atoms with E-state index < -0.39 is 0 Å². The summed E-state index contributed by atoms with van der Waals surface area (Å²) < 4.78 is 10.8. The molecule has 0 saturated heterocycles. The van der Waals surface area contributed by atoms with Crippen LogP contribution in [0.4, 0.5) is 0 Å². The molecule has 0 aliphatic heterocycles. The zero-order chi connectivity index (χ0) is 25.5. The third kappa shape index (κ3) is 14.7. The summed E-state index contributed by atoms with van der Waals surface area (Å²) in [5, 5.41) is 0. The van der Waals surface area contributed by atoms with E-state index in [1.165, 1.54) is 101 Å². The minimum atomic E-state index is 0.715. The molecule has 0 saturated carbocycles. The molecule has 2 aromatic rings. The van der Waals surface area contributed by atoms with E-state index in [2.05, 4.69) is 41.2 Å². The van der Waals surface area contributed by atoms with Crippen molar-refractivity contribution in [3.05, 3.63) is 47.8 Å². The van der Waals surface area contributed by atoms with Gasteiger partial charge in [0.25, 0.3) is 0 Å². The monoisotopic (exact) mass is 496 g/mol. The van der Waals surface area contributed by atoms with Gasteiger partial charge in [0.15, 0.2) is 5.82 Å². The van der Waals surface area contributed by atoms with Gasteiger partial charge >= 0.3 is 0 Å². The van der Waals surface area contributed by atoms with Crippen LogP contribution in [-0.2, 0) is 22.3 Å². The van der Waals surface area contributed by atoms with Gasteiger partial charge in [-0.15, -0.1) is 0 Å². The molecule has 1 heterocycles. The highest BCUT2D eigenvalue weighted by atomic mass is 16.5. The summed E-state index contributed by atoms with van der Waals surface area (Å²) in [4.78, 5) is 9.27. The summed E-state index contributed by atoms with van der Waals surface area (Å²) in [5.74, 6) is 0.834. The molecule has 0 spiro atoms. The van der Waals surface area contributed by atoms with Gasteiger partial charge in [0, 0.05) is 31.2 Å². The molecule has 36 heavy (non-hydrogen) atoms. The Balaban J connectivity index is 1.52. The van der Waals surface area contributed by atoms with Crippen LogP contribution in [0.25, 0.3) is 11.4 Å². The second kappa shape index (κ2) is 21.3. The summed E-state index contributed by atoms with van der Waals surface area (Å²) in [6.45, 7) is 7.36. The number of aryl methyl sites for hydroxylation is 2. The highest BCUT2D eigenvalue weighted by Gasteiger charge is 2.03. The van der Waals surface area contributed by atoms with Crippen molar-refractivity contribution in [1.29, 1.82) is 0 Å². The van der Waals surface area contributed by atoms with Crippen molar-refractivity contribution in [2.24, 2.45) is 0 Å². The first-order valence-electron chi connectivity index (χ1n) is 14.9. The molecule has 0 N–H and O–H groups in total. The Bertz CT molecular complexity index is 746. The molecule has 0 bridgehead atoms. The van der Waals surface area contributed by atoms with E-state index in [0.29, 0.717) is 6.61 Å². The van der Waals surface area contributed by atoms with Crippen LogP contribution in [0.1, 0.15) is 115 Å². The summed E-state index contributed by atoms with van der Waals surface area (Å²) >= 11 is 0. The Labute approximate surface area is 221 Å². The molecule has 2 rings (SSSR count). The molecule has 1 aromatic heterocycles. The molecule has 0 radical (unpaired) electrons. The largest absolute Gasteiger partial charge is 0.379 e. The molecule has 202 valence electrons. The lowest BCUT2D eigenvalue weighted by atomic mass is 10.0. The smallest absolute Gasteiger partial charge is 0.159 e. The number of ether oxygens (including phenoxy) is 2. The second-order valence-corrected chi connectivity index (χ2v) is 10.0. The summed E-state index contributed by atoms with van der Waals surface area (Å²) in [5.41, 5.74) is 3.78. The van der Waals surface area contributed by atoms with Gasteiger partial charge in [-0.1, -0.05) is 102 Å². The predicted molar refractivity (Wildman–Crippen MR) is 152 cm³/mol. The minimum Gasteiger partial charge on any atom is -0.379 e. The Kier molecular flexibility index (Phi) is 18.0. The van der Waals surface area contributed by atoms with E-state index in [4.69, 9.17) is 9.47 Å². The van der Waals surface area contributed by atoms with Crippen LogP contribution in [0, 0.1) is 0 Å². The Hall–Kier alpha value is -1.78. The van der Waals surface area contributed by atoms with Gasteiger partial charge in [0.05, 0.1) is 13.2 Å². The lowest BCUT2D eigenvalue weighted by Gasteiger charge is -2.06. The maximum absolute atomic E-state index is 5.57. The van der Waals surface area contributed by atoms with E-state index in [0.717, 1.165) is 44.1 Å². The van der Waals surface area contributed by atoms with Gasteiger partial charge < -0.3 is 9.47 Å². The van der Waals surface area contributed by atoms with E-state index >= 15 is 0 Å². The van der Waals surface area contributed by atoms with Crippen molar-refractivity contribution in [3.63, 3.8) is 0 Å². The van der Waals surface area contributed by atoms with Crippen LogP contribution in [0.5, 0.6) is 0 Å². The molecule has 0 amide bonds. The first-order valence-corrected chi connectivity index (χ1v) is 14.9. The van der Waals surface area contributed by atoms with E-state index in [1.54, 1.807) is 0 Å². The highest BCUT2D eigenvalue weighted by molar-refractivity contribution is 5.55. The van der Waals surface area contributed by atoms with Crippen LogP contribution in [-0.4, -0.2) is 36.4 Å². The van der Waals surface area contributed by atoms with Crippen molar-refractivity contribution >= 4 is 0 Å². The number of rotatable bonds is 23. The van der Waals surface area contributed by atoms with E-state index in [-0.39, 0.29) is 0 Å². The molecule has 4 heteroatoms. The Morgan fingerprint density at radius 1 is 0.528 bits per heavy atom. The standard InChI is InChI=1S/C32H52N2O2/c1-3-5-6-7-8-9-12-15-18-29-20-22-31(23-21-29)32-33-27-30(28-34-32)19-16-13-10-11-14-17-24-36-26-25-35-4-2/h20-23,27-28H,3-19,24-26H2,1-2H3. The maximum Gasteiger partial charge on any atom is 0.159 e. The van der Waals surface area contributed by atoms with Gasteiger partial charge in [-0.2, -0.15) is 0 Å². The van der Waals surface area contributed by atoms with Crippen molar-refractivity contribution < 1.29 is 9.47 Å². The topological polar surface area (TPSA) is 44.2 Å². The first kappa shape index (κ1) is 30.4. The summed E-state index contributed by atoms with van der Waals surface area (Å²) in [6, 6.07) is 8.86. The predicted octanol–water partition coefficient (Wildman–Crippen LogP) is 8.76. The molecule has 1 aromatic carbocycles. The highest BCUT2D eigenvalue weighted by Crippen LogP contribution is 2.18. The molecule has 0 unspecified atom stereocenters. The Morgan fingerprint density at radius 3 is 1.67 bits per heavy atom. The van der Waals surface area contributed by atoms with Crippen LogP contribution in [0.2, 0.25) is 0 Å². The lowest BCUT2D eigenvalue weighted by molar-refractivity contribution is 0.0512. The average Bonchev–Trinajstić information content (AvgIpc) is 2.91. The van der Waals surface area contributed by atoms with Gasteiger partial charge in [0.2, 0.25) is 0 Å². The zero-order valence-electron chi connectivity index (χ0n) is 23.3. The molecule has 0 aliphatic rings. The molecule has 0 aliphatic carbocycles. The van der Waals surface area contributed by atoms with Crippen LogP contribution >= 0.6 is 0 Å². The lowest BCUT2D eigenvalue weighted by Crippen LogP contribution is -2.04. The molecule has 4 nitrogen and oxygen atoms in total. The number of hydrogen-bond acceptors (Lipinski definition) is 4. The summed E-state index contributed by atoms with van der Waals surface area (Å²) in [7, 11) is 0.